The molecule has 0 aliphatic carbocycles. The molecule has 0 spiro atoms. The second-order valence-corrected chi connectivity index (χ2v) is 5.75. The first-order valence-corrected chi connectivity index (χ1v) is 6.28. The largest absolute Gasteiger partial charge is 0.377 e. The second kappa shape index (κ2) is 5.48. The maximum Gasteiger partial charge on any atom is 0.101 e. The first-order valence-electron chi connectivity index (χ1n) is 6.28. The van der Waals surface area contributed by atoms with E-state index in [4.69, 9.17) is 9.47 Å². The Kier molecular flexibility index (Phi) is 4.77. The number of rotatable bonds is 3. The fraction of sp³-hybridized carbons (Fsp3) is 1.00. The third-order valence-corrected chi connectivity index (χ3v) is 3.56. The van der Waals surface area contributed by atoms with Gasteiger partial charge in [0.1, 0.15) is 5.60 Å². The lowest BCUT2D eigenvalue weighted by Gasteiger charge is -2.38. The Labute approximate surface area is 100 Å². The molecule has 0 bridgehead atoms. The number of hydrogen-bond donors (Lipinski definition) is 0. The van der Waals surface area contributed by atoms with Crippen molar-refractivity contribution in [3.8, 4) is 0 Å². The highest BCUT2D eigenvalue weighted by atomic mass is 16.5. The number of nitrogens with zero attached hydrogens (tertiary/aromatic N) is 1. The average molecular weight is 229 g/mol. The molecule has 2 unspecified atom stereocenters. The molecule has 96 valence electrons. The molecule has 1 rings (SSSR count). The van der Waals surface area contributed by atoms with E-state index in [1.165, 1.54) is 0 Å². The Morgan fingerprint density at radius 3 is 2.38 bits per heavy atom. The summed E-state index contributed by atoms with van der Waals surface area (Å²) in [6.07, 6.45) is 0. The summed E-state index contributed by atoms with van der Waals surface area (Å²) in [5, 5.41) is 0. The Balaban J connectivity index is 2.83. The van der Waals surface area contributed by atoms with Crippen LogP contribution in [0.4, 0.5) is 0 Å². The van der Waals surface area contributed by atoms with Crippen molar-refractivity contribution in [1.29, 1.82) is 0 Å². The van der Waals surface area contributed by atoms with Crippen molar-refractivity contribution in [3.05, 3.63) is 0 Å². The van der Waals surface area contributed by atoms with Crippen molar-refractivity contribution in [2.75, 3.05) is 26.9 Å². The van der Waals surface area contributed by atoms with Crippen LogP contribution in [-0.2, 0) is 9.47 Å². The summed E-state index contributed by atoms with van der Waals surface area (Å²) in [4.78, 5) is 2.52. The van der Waals surface area contributed by atoms with E-state index in [0.717, 1.165) is 13.2 Å². The highest BCUT2D eigenvalue weighted by Gasteiger charge is 2.36. The topological polar surface area (TPSA) is 21.7 Å². The van der Waals surface area contributed by atoms with Crippen LogP contribution in [0.1, 0.15) is 34.6 Å². The van der Waals surface area contributed by atoms with Crippen LogP contribution in [0.25, 0.3) is 0 Å². The minimum atomic E-state index is -0.173. The first-order chi connectivity index (χ1) is 7.39. The molecule has 1 aliphatic rings. The van der Waals surface area contributed by atoms with E-state index < -0.39 is 0 Å². The third kappa shape index (κ3) is 3.19. The van der Waals surface area contributed by atoms with Gasteiger partial charge in [-0.3, -0.25) is 4.90 Å². The van der Waals surface area contributed by atoms with E-state index in [1.54, 1.807) is 7.11 Å². The summed E-state index contributed by atoms with van der Waals surface area (Å²) >= 11 is 0. The molecular formula is C13H27NO2. The van der Waals surface area contributed by atoms with Gasteiger partial charge in [-0.05, 0) is 26.7 Å². The third-order valence-electron chi connectivity index (χ3n) is 3.56. The number of methoxy groups -OCH3 is 1. The number of ether oxygens (including phenoxy) is 2. The van der Waals surface area contributed by atoms with Gasteiger partial charge in [-0.15, -0.1) is 0 Å². The smallest absolute Gasteiger partial charge is 0.101 e. The molecule has 0 aromatic carbocycles. The van der Waals surface area contributed by atoms with Crippen molar-refractivity contribution in [1.82, 2.24) is 4.90 Å². The van der Waals surface area contributed by atoms with Gasteiger partial charge < -0.3 is 9.47 Å². The van der Waals surface area contributed by atoms with Gasteiger partial charge in [-0.2, -0.15) is 0 Å². The van der Waals surface area contributed by atoms with E-state index in [2.05, 4.69) is 39.5 Å². The van der Waals surface area contributed by atoms with Gasteiger partial charge in [0.05, 0.1) is 13.2 Å². The highest BCUT2D eigenvalue weighted by molar-refractivity contribution is 4.89. The van der Waals surface area contributed by atoms with Gasteiger partial charge in [0.25, 0.3) is 0 Å². The predicted octanol–water partition coefficient (Wildman–Crippen LogP) is 2.16. The molecule has 2 atom stereocenters. The fourth-order valence-corrected chi connectivity index (χ4v) is 2.30. The highest BCUT2D eigenvalue weighted by Crippen LogP contribution is 2.24. The van der Waals surface area contributed by atoms with Crippen LogP contribution in [0.2, 0.25) is 0 Å². The maximum atomic E-state index is 5.79. The molecule has 3 heteroatoms. The maximum absolute atomic E-state index is 5.79. The quantitative estimate of drug-likeness (QED) is 0.740. The number of hydrogen-bond acceptors (Lipinski definition) is 3. The minimum absolute atomic E-state index is 0.173. The summed E-state index contributed by atoms with van der Waals surface area (Å²) in [5.41, 5.74) is -0.173. The van der Waals surface area contributed by atoms with E-state index in [-0.39, 0.29) is 5.60 Å². The van der Waals surface area contributed by atoms with Gasteiger partial charge in [-0.1, -0.05) is 13.8 Å². The van der Waals surface area contributed by atoms with Crippen LogP contribution in [-0.4, -0.2) is 49.5 Å². The van der Waals surface area contributed by atoms with Crippen LogP contribution in [0.3, 0.4) is 0 Å². The Hall–Kier alpha value is -0.120. The molecule has 1 fully saturated rings. The molecule has 1 aliphatic heterocycles. The van der Waals surface area contributed by atoms with Crippen molar-refractivity contribution in [2.45, 2.75) is 52.3 Å². The van der Waals surface area contributed by atoms with Crippen molar-refractivity contribution in [3.63, 3.8) is 0 Å². The monoisotopic (exact) mass is 229 g/mol. The van der Waals surface area contributed by atoms with Crippen molar-refractivity contribution >= 4 is 0 Å². The minimum Gasteiger partial charge on any atom is -0.377 e. The normalized spacial score (nSPS) is 33.4. The van der Waals surface area contributed by atoms with Gasteiger partial charge in [0.15, 0.2) is 0 Å². The first kappa shape index (κ1) is 13.9. The zero-order valence-electron chi connectivity index (χ0n) is 11.6. The average Bonchev–Trinajstić information content (AvgIpc) is 2.38. The van der Waals surface area contributed by atoms with Gasteiger partial charge in [-0.25, -0.2) is 0 Å². The Bertz CT molecular complexity index is 218. The molecule has 1 saturated heterocycles. The van der Waals surface area contributed by atoms with Gasteiger partial charge in [0, 0.05) is 25.7 Å². The summed E-state index contributed by atoms with van der Waals surface area (Å²) in [7, 11) is 1.78. The van der Waals surface area contributed by atoms with Gasteiger partial charge in [0.2, 0.25) is 0 Å². The van der Waals surface area contributed by atoms with E-state index >= 15 is 0 Å². The van der Waals surface area contributed by atoms with E-state index in [0.29, 0.717) is 24.6 Å². The van der Waals surface area contributed by atoms with Crippen LogP contribution < -0.4 is 0 Å². The summed E-state index contributed by atoms with van der Waals surface area (Å²) < 4.78 is 11.4. The van der Waals surface area contributed by atoms with E-state index in [9.17, 15) is 0 Å². The summed E-state index contributed by atoms with van der Waals surface area (Å²) in [6.45, 7) is 13.6. The van der Waals surface area contributed by atoms with Crippen molar-refractivity contribution < 1.29 is 9.47 Å². The molecule has 1 heterocycles. The van der Waals surface area contributed by atoms with Crippen LogP contribution in [0.15, 0.2) is 0 Å². The van der Waals surface area contributed by atoms with Crippen LogP contribution >= 0.6 is 0 Å². The van der Waals surface area contributed by atoms with Crippen LogP contribution in [0, 0.1) is 5.92 Å². The zero-order chi connectivity index (χ0) is 12.3. The lowest BCUT2D eigenvalue weighted by atomic mass is 9.99. The SMILES string of the molecule is COC1(C)COCC(C(C)C)N(C(C)C)C1. The zero-order valence-corrected chi connectivity index (χ0v) is 11.6. The molecule has 0 N–H and O–H groups in total. The van der Waals surface area contributed by atoms with Crippen molar-refractivity contribution in [2.24, 2.45) is 5.92 Å². The molecule has 3 nitrogen and oxygen atoms in total. The molecule has 0 aromatic heterocycles. The van der Waals surface area contributed by atoms with Gasteiger partial charge >= 0.3 is 0 Å². The summed E-state index contributed by atoms with van der Waals surface area (Å²) in [6, 6.07) is 1.03. The Morgan fingerprint density at radius 1 is 1.31 bits per heavy atom. The lowest BCUT2D eigenvalue weighted by molar-refractivity contribution is -0.0574. The summed E-state index contributed by atoms with van der Waals surface area (Å²) in [5.74, 6) is 0.613. The lowest BCUT2D eigenvalue weighted by Crippen LogP contribution is -2.51. The van der Waals surface area contributed by atoms with E-state index in [1.807, 2.05) is 0 Å². The molecule has 0 aromatic rings. The van der Waals surface area contributed by atoms with Crippen LogP contribution in [0.5, 0.6) is 0 Å². The molecular weight excluding hydrogens is 202 g/mol. The molecule has 16 heavy (non-hydrogen) atoms. The molecule has 0 radical (unpaired) electrons. The molecule has 0 amide bonds. The Morgan fingerprint density at radius 2 is 1.94 bits per heavy atom. The second-order valence-electron chi connectivity index (χ2n) is 5.75. The molecule has 0 saturated carbocycles. The fourth-order valence-electron chi connectivity index (χ4n) is 2.30. The standard InChI is InChI=1S/C13H27NO2/c1-10(2)12-7-16-9-13(5,15-6)8-14(12)11(3)4/h10-12H,7-9H2,1-6H3. The predicted molar refractivity (Wildman–Crippen MR) is 66.7 cm³/mol.